The summed E-state index contributed by atoms with van der Waals surface area (Å²) in [5, 5.41) is 3.26. The monoisotopic (exact) mass is 378 g/mol. The first kappa shape index (κ1) is 17.3. The number of fused-ring (bicyclic) bond motifs is 1. The summed E-state index contributed by atoms with van der Waals surface area (Å²) in [6.07, 6.45) is 4.28. The van der Waals surface area contributed by atoms with Gasteiger partial charge in [0.15, 0.2) is 11.5 Å². The molecular formula is C17H22N4O4S. The Kier molecular flexibility index (Phi) is 4.60. The second-order valence-electron chi connectivity index (χ2n) is 6.39. The second-order valence-corrected chi connectivity index (χ2v) is 8.28. The van der Waals surface area contributed by atoms with Crippen molar-refractivity contribution in [2.45, 2.75) is 17.4 Å². The van der Waals surface area contributed by atoms with E-state index in [-0.39, 0.29) is 10.9 Å². The first-order chi connectivity index (χ1) is 12.6. The molecule has 9 heteroatoms. The third-order valence-electron chi connectivity index (χ3n) is 4.68. The van der Waals surface area contributed by atoms with Gasteiger partial charge < -0.3 is 19.4 Å². The fourth-order valence-corrected chi connectivity index (χ4v) is 4.93. The van der Waals surface area contributed by atoms with Crippen molar-refractivity contribution in [3.05, 3.63) is 36.4 Å². The number of aryl methyl sites for hydroxylation is 1. The van der Waals surface area contributed by atoms with Crippen molar-refractivity contribution in [3.8, 4) is 11.5 Å². The molecule has 140 valence electrons. The Hall–Kier alpha value is -2.10. The highest BCUT2D eigenvalue weighted by Gasteiger charge is 2.36. The van der Waals surface area contributed by atoms with Gasteiger partial charge in [-0.25, -0.2) is 13.4 Å². The number of hydrogen-bond acceptors (Lipinski definition) is 6. The smallest absolute Gasteiger partial charge is 0.243 e. The van der Waals surface area contributed by atoms with Crippen LogP contribution < -0.4 is 14.8 Å². The van der Waals surface area contributed by atoms with Crippen LogP contribution in [0.15, 0.2) is 35.5 Å². The molecule has 2 aromatic rings. The lowest BCUT2D eigenvalue weighted by molar-refractivity contribution is 0.258. The van der Waals surface area contributed by atoms with Gasteiger partial charge >= 0.3 is 0 Å². The summed E-state index contributed by atoms with van der Waals surface area (Å²) < 4.78 is 41.3. The summed E-state index contributed by atoms with van der Waals surface area (Å²) in [7, 11) is -1.82. The molecule has 1 unspecified atom stereocenters. The Bertz CT molecular complexity index is 896. The Labute approximate surface area is 152 Å². The summed E-state index contributed by atoms with van der Waals surface area (Å²) in [6.45, 7) is 2.59. The lowest BCUT2D eigenvalue weighted by Gasteiger charge is -2.34. The largest absolute Gasteiger partial charge is 0.490 e. The van der Waals surface area contributed by atoms with Crippen LogP contribution in [0.2, 0.25) is 0 Å². The van der Waals surface area contributed by atoms with E-state index in [0.717, 1.165) is 12.2 Å². The number of imidazole rings is 1. The molecule has 0 aliphatic carbocycles. The number of piperazine rings is 1. The van der Waals surface area contributed by atoms with Gasteiger partial charge in [-0.1, -0.05) is 0 Å². The van der Waals surface area contributed by atoms with Crippen LogP contribution in [0.5, 0.6) is 11.5 Å². The molecule has 4 rings (SSSR count). The summed E-state index contributed by atoms with van der Waals surface area (Å²) in [6, 6.07) is 4.46. The van der Waals surface area contributed by atoms with Gasteiger partial charge in [0.05, 0.1) is 24.2 Å². The molecule has 1 aromatic heterocycles. The average Bonchev–Trinajstić information content (AvgIpc) is 2.93. The molecule has 8 nitrogen and oxygen atoms in total. The van der Waals surface area contributed by atoms with E-state index in [4.69, 9.17) is 9.47 Å². The van der Waals surface area contributed by atoms with Crippen LogP contribution in [0.4, 0.5) is 0 Å². The predicted octanol–water partition coefficient (Wildman–Crippen LogP) is 0.917. The van der Waals surface area contributed by atoms with Crippen molar-refractivity contribution in [2.75, 3.05) is 32.8 Å². The molecule has 2 aliphatic heterocycles. The number of nitrogens with one attached hydrogen (secondary N) is 1. The van der Waals surface area contributed by atoms with Crippen molar-refractivity contribution in [1.29, 1.82) is 0 Å². The van der Waals surface area contributed by atoms with E-state index < -0.39 is 10.0 Å². The normalized spacial score (nSPS) is 21.3. The van der Waals surface area contributed by atoms with Crippen LogP contribution >= 0.6 is 0 Å². The van der Waals surface area contributed by atoms with E-state index in [1.54, 1.807) is 24.4 Å². The van der Waals surface area contributed by atoms with Gasteiger partial charge in [-0.3, -0.25) is 0 Å². The van der Waals surface area contributed by atoms with Crippen molar-refractivity contribution >= 4 is 10.0 Å². The van der Waals surface area contributed by atoms with E-state index in [1.165, 1.54) is 4.31 Å². The molecule has 3 heterocycles. The number of rotatable bonds is 3. The standard InChI is InChI=1S/C17H22N4O4S/c1-20-7-6-19-17(20)14-12-18-5-8-21(14)26(22,23)13-3-4-15-16(11-13)25-10-2-9-24-15/h3-4,6-7,11,14,18H,2,5,8-10,12H2,1H3. The van der Waals surface area contributed by atoms with Gasteiger partial charge in [-0.2, -0.15) is 4.31 Å². The molecule has 1 atom stereocenters. The zero-order valence-electron chi connectivity index (χ0n) is 14.6. The average molecular weight is 378 g/mol. The van der Waals surface area contributed by atoms with Gasteiger partial charge in [0.2, 0.25) is 10.0 Å². The highest BCUT2D eigenvalue weighted by Crippen LogP contribution is 2.35. The number of ether oxygens (including phenoxy) is 2. The van der Waals surface area contributed by atoms with Crippen LogP contribution in [0.25, 0.3) is 0 Å². The fraction of sp³-hybridized carbons (Fsp3) is 0.471. The van der Waals surface area contributed by atoms with E-state index in [0.29, 0.717) is 44.3 Å². The minimum atomic E-state index is -3.69. The molecule has 0 bridgehead atoms. The minimum absolute atomic E-state index is 0.211. The van der Waals surface area contributed by atoms with Crippen molar-refractivity contribution in [2.24, 2.45) is 7.05 Å². The minimum Gasteiger partial charge on any atom is -0.490 e. The van der Waals surface area contributed by atoms with Gasteiger partial charge in [-0.05, 0) is 12.1 Å². The molecule has 1 fully saturated rings. The lowest BCUT2D eigenvalue weighted by Crippen LogP contribution is -2.49. The molecule has 0 spiro atoms. The van der Waals surface area contributed by atoms with Crippen molar-refractivity contribution in [3.63, 3.8) is 0 Å². The molecule has 0 radical (unpaired) electrons. The van der Waals surface area contributed by atoms with Gasteiger partial charge in [0.25, 0.3) is 0 Å². The highest BCUT2D eigenvalue weighted by molar-refractivity contribution is 7.89. The van der Waals surface area contributed by atoms with Crippen molar-refractivity contribution < 1.29 is 17.9 Å². The third-order valence-corrected chi connectivity index (χ3v) is 6.58. The topological polar surface area (TPSA) is 85.7 Å². The molecule has 26 heavy (non-hydrogen) atoms. The van der Waals surface area contributed by atoms with Crippen LogP contribution in [0, 0.1) is 0 Å². The quantitative estimate of drug-likeness (QED) is 0.855. The first-order valence-corrected chi connectivity index (χ1v) is 10.1. The Morgan fingerprint density at radius 1 is 1.23 bits per heavy atom. The fourth-order valence-electron chi connectivity index (χ4n) is 3.33. The zero-order valence-corrected chi connectivity index (χ0v) is 15.4. The number of benzene rings is 1. The molecule has 1 N–H and O–H groups in total. The number of sulfonamides is 1. The Morgan fingerprint density at radius 2 is 2.04 bits per heavy atom. The zero-order chi connectivity index (χ0) is 18.1. The SMILES string of the molecule is Cn1ccnc1C1CNCCN1S(=O)(=O)c1ccc2c(c1)OCCCO2. The highest BCUT2D eigenvalue weighted by atomic mass is 32.2. The van der Waals surface area contributed by atoms with E-state index in [1.807, 2.05) is 17.8 Å². The van der Waals surface area contributed by atoms with Crippen LogP contribution in [-0.2, 0) is 17.1 Å². The first-order valence-electron chi connectivity index (χ1n) is 8.67. The molecule has 1 saturated heterocycles. The van der Waals surface area contributed by atoms with E-state index >= 15 is 0 Å². The maximum absolute atomic E-state index is 13.3. The third kappa shape index (κ3) is 3.06. The Balaban J connectivity index is 1.70. The number of nitrogens with zero attached hydrogens (tertiary/aromatic N) is 3. The molecule has 2 aliphatic rings. The summed E-state index contributed by atoms with van der Waals surface area (Å²) >= 11 is 0. The maximum Gasteiger partial charge on any atom is 0.243 e. The van der Waals surface area contributed by atoms with Gasteiger partial charge in [0.1, 0.15) is 5.82 Å². The van der Waals surface area contributed by atoms with Crippen molar-refractivity contribution in [1.82, 2.24) is 19.2 Å². The molecule has 0 amide bonds. The number of hydrogen-bond donors (Lipinski definition) is 1. The molecule has 0 saturated carbocycles. The van der Waals surface area contributed by atoms with E-state index in [2.05, 4.69) is 10.3 Å². The summed E-state index contributed by atoms with van der Waals surface area (Å²) in [5.74, 6) is 1.78. The molecule has 1 aromatic carbocycles. The van der Waals surface area contributed by atoms with Crippen LogP contribution in [0.3, 0.4) is 0 Å². The summed E-state index contributed by atoms with van der Waals surface area (Å²) in [4.78, 5) is 4.56. The second kappa shape index (κ2) is 6.90. The summed E-state index contributed by atoms with van der Waals surface area (Å²) in [5.41, 5.74) is 0. The molecular weight excluding hydrogens is 356 g/mol. The van der Waals surface area contributed by atoms with E-state index in [9.17, 15) is 8.42 Å². The van der Waals surface area contributed by atoms with Gasteiger partial charge in [-0.15, -0.1) is 0 Å². The number of aromatic nitrogens is 2. The Morgan fingerprint density at radius 3 is 2.81 bits per heavy atom. The van der Waals surface area contributed by atoms with Crippen LogP contribution in [0.1, 0.15) is 18.3 Å². The lowest BCUT2D eigenvalue weighted by atomic mass is 10.2. The predicted molar refractivity (Wildman–Crippen MR) is 94.8 cm³/mol. The maximum atomic E-state index is 13.3. The van der Waals surface area contributed by atoms with Gasteiger partial charge in [0, 0.05) is 51.6 Å². The van der Waals surface area contributed by atoms with Crippen LogP contribution in [-0.4, -0.2) is 55.1 Å².